The van der Waals surface area contributed by atoms with Gasteiger partial charge in [-0.25, -0.2) is 0 Å². The largest absolute Gasteiger partial charge is 0.390 e. The van der Waals surface area contributed by atoms with Crippen molar-refractivity contribution in [2.75, 3.05) is 13.2 Å². The van der Waals surface area contributed by atoms with E-state index >= 15 is 0 Å². The molecule has 0 radical (unpaired) electrons. The van der Waals surface area contributed by atoms with E-state index in [9.17, 15) is 5.11 Å². The summed E-state index contributed by atoms with van der Waals surface area (Å²) in [7, 11) is 0. The van der Waals surface area contributed by atoms with Gasteiger partial charge in [0.2, 0.25) is 0 Å². The lowest BCUT2D eigenvalue weighted by atomic mass is 10.1. The number of rotatable bonds is 1. The van der Waals surface area contributed by atoms with Crippen LogP contribution in [0.5, 0.6) is 0 Å². The molecule has 1 aliphatic rings. The fourth-order valence-electron chi connectivity index (χ4n) is 1.08. The average molecular weight is 172 g/mol. The Balaban J connectivity index is 2.58. The number of aliphatic hydroxyl groups is 1. The van der Waals surface area contributed by atoms with Gasteiger partial charge in [-0.1, -0.05) is 6.08 Å². The number of aliphatic hydroxyl groups excluding tert-OH is 1. The van der Waals surface area contributed by atoms with Gasteiger partial charge in [-0.15, -0.1) is 6.58 Å². The second-order valence-corrected chi connectivity index (χ2v) is 3.49. The van der Waals surface area contributed by atoms with E-state index in [0.717, 1.165) is 0 Å². The summed E-state index contributed by atoms with van der Waals surface area (Å²) in [6, 6.07) is 0. The molecule has 3 heteroatoms. The van der Waals surface area contributed by atoms with Crippen molar-refractivity contribution in [2.24, 2.45) is 5.92 Å². The maximum atomic E-state index is 9.50. The Kier molecular flexibility index (Phi) is 2.88. The summed E-state index contributed by atoms with van der Waals surface area (Å²) in [6.07, 6.45) is 1.21. The Morgan fingerprint density at radius 3 is 2.58 bits per heavy atom. The summed E-state index contributed by atoms with van der Waals surface area (Å²) in [5.41, 5.74) is 0. The molecule has 1 saturated heterocycles. The Morgan fingerprint density at radius 2 is 2.00 bits per heavy atom. The first-order valence-corrected chi connectivity index (χ1v) is 4.14. The molecule has 0 aromatic carbocycles. The van der Waals surface area contributed by atoms with E-state index < -0.39 is 11.9 Å². The number of hydrogen-bond acceptors (Lipinski definition) is 3. The van der Waals surface area contributed by atoms with Gasteiger partial charge in [0.05, 0.1) is 19.3 Å². The van der Waals surface area contributed by atoms with E-state index in [0.29, 0.717) is 13.2 Å². The molecule has 1 fully saturated rings. The molecule has 0 bridgehead atoms. The van der Waals surface area contributed by atoms with Gasteiger partial charge < -0.3 is 14.6 Å². The van der Waals surface area contributed by atoms with Gasteiger partial charge in [0.25, 0.3) is 0 Å². The lowest BCUT2D eigenvalue weighted by molar-refractivity contribution is -0.203. The Hall–Kier alpha value is -0.380. The summed E-state index contributed by atoms with van der Waals surface area (Å²) in [5.74, 6) is -0.606. The molecule has 1 aliphatic heterocycles. The van der Waals surface area contributed by atoms with Crippen molar-refractivity contribution in [3.05, 3.63) is 12.7 Å². The quantitative estimate of drug-likeness (QED) is 0.598. The maximum absolute atomic E-state index is 9.50. The highest BCUT2D eigenvalue weighted by Gasteiger charge is 2.29. The van der Waals surface area contributed by atoms with Crippen LogP contribution in [-0.2, 0) is 9.47 Å². The Labute approximate surface area is 73.0 Å². The zero-order valence-corrected chi connectivity index (χ0v) is 7.62. The normalized spacial score (nSPS) is 35.6. The van der Waals surface area contributed by atoms with Gasteiger partial charge in [0, 0.05) is 5.92 Å². The molecule has 2 atom stereocenters. The highest BCUT2D eigenvalue weighted by Crippen LogP contribution is 2.20. The van der Waals surface area contributed by atoms with Crippen molar-refractivity contribution in [3.63, 3.8) is 0 Å². The standard InChI is InChI=1S/C9H16O3/c1-4-7-5-11-9(2,3)12-6-8(7)10/h4,7-8,10H,1,5-6H2,2-3H3. The predicted octanol–water partition coefficient (Wildman–Crippen LogP) is 0.932. The molecular weight excluding hydrogens is 156 g/mol. The second kappa shape index (κ2) is 3.56. The summed E-state index contributed by atoms with van der Waals surface area (Å²) >= 11 is 0. The number of ether oxygens (including phenoxy) is 2. The van der Waals surface area contributed by atoms with Crippen molar-refractivity contribution in [2.45, 2.75) is 25.7 Å². The van der Waals surface area contributed by atoms with Crippen LogP contribution >= 0.6 is 0 Å². The molecule has 0 aliphatic carbocycles. The minimum atomic E-state index is -0.585. The van der Waals surface area contributed by atoms with Gasteiger partial charge in [0.15, 0.2) is 5.79 Å². The van der Waals surface area contributed by atoms with Crippen molar-refractivity contribution in [3.8, 4) is 0 Å². The zero-order valence-electron chi connectivity index (χ0n) is 7.62. The van der Waals surface area contributed by atoms with Gasteiger partial charge in [-0.3, -0.25) is 0 Å². The SMILES string of the molecule is C=CC1COC(C)(C)OCC1O. The summed E-state index contributed by atoms with van der Waals surface area (Å²) in [5, 5.41) is 9.50. The van der Waals surface area contributed by atoms with Crippen LogP contribution in [0.15, 0.2) is 12.7 Å². The molecule has 0 saturated carbocycles. The molecule has 0 aromatic rings. The van der Waals surface area contributed by atoms with Crippen LogP contribution in [0.4, 0.5) is 0 Å². The maximum Gasteiger partial charge on any atom is 0.162 e. The summed E-state index contributed by atoms with van der Waals surface area (Å²) in [6.45, 7) is 8.08. The first-order chi connectivity index (χ1) is 5.55. The number of hydrogen-bond donors (Lipinski definition) is 1. The molecule has 0 aromatic heterocycles. The van der Waals surface area contributed by atoms with E-state index in [1.165, 1.54) is 0 Å². The van der Waals surface area contributed by atoms with E-state index in [1.807, 2.05) is 13.8 Å². The Morgan fingerprint density at radius 1 is 1.42 bits per heavy atom. The van der Waals surface area contributed by atoms with Crippen molar-refractivity contribution < 1.29 is 14.6 Å². The van der Waals surface area contributed by atoms with Crippen LogP contribution in [0, 0.1) is 5.92 Å². The minimum Gasteiger partial charge on any atom is -0.390 e. The highest BCUT2D eigenvalue weighted by molar-refractivity contribution is 4.86. The van der Waals surface area contributed by atoms with Crippen molar-refractivity contribution in [1.82, 2.24) is 0 Å². The second-order valence-electron chi connectivity index (χ2n) is 3.49. The smallest absolute Gasteiger partial charge is 0.162 e. The van der Waals surface area contributed by atoms with Crippen LogP contribution < -0.4 is 0 Å². The zero-order chi connectivity index (χ0) is 9.19. The Bertz CT molecular complexity index is 165. The van der Waals surface area contributed by atoms with Crippen LogP contribution in [0.2, 0.25) is 0 Å². The molecule has 1 N–H and O–H groups in total. The third-order valence-electron chi connectivity index (χ3n) is 2.02. The van der Waals surface area contributed by atoms with Crippen molar-refractivity contribution in [1.29, 1.82) is 0 Å². The fourth-order valence-corrected chi connectivity index (χ4v) is 1.08. The third-order valence-corrected chi connectivity index (χ3v) is 2.02. The third kappa shape index (κ3) is 2.30. The van der Waals surface area contributed by atoms with Crippen LogP contribution in [0.3, 0.4) is 0 Å². The van der Waals surface area contributed by atoms with Crippen LogP contribution in [0.1, 0.15) is 13.8 Å². The molecule has 12 heavy (non-hydrogen) atoms. The lowest BCUT2D eigenvalue weighted by Gasteiger charge is -2.22. The van der Waals surface area contributed by atoms with Gasteiger partial charge >= 0.3 is 0 Å². The van der Waals surface area contributed by atoms with Crippen LogP contribution in [0.25, 0.3) is 0 Å². The molecular formula is C9H16O3. The van der Waals surface area contributed by atoms with E-state index in [2.05, 4.69) is 6.58 Å². The fraction of sp³-hybridized carbons (Fsp3) is 0.778. The van der Waals surface area contributed by atoms with Crippen LogP contribution in [-0.4, -0.2) is 30.2 Å². The van der Waals surface area contributed by atoms with Crippen molar-refractivity contribution >= 4 is 0 Å². The molecule has 0 amide bonds. The predicted molar refractivity (Wildman–Crippen MR) is 45.7 cm³/mol. The minimum absolute atomic E-state index is 0.0215. The van der Waals surface area contributed by atoms with E-state index in [1.54, 1.807) is 6.08 Å². The molecule has 0 spiro atoms. The average Bonchev–Trinajstić information content (AvgIpc) is 2.13. The molecule has 1 rings (SSSR count). The molecule has 1 heterocycles. The highest BCUT2D eigenvalue weighted by atomic mass is 16.7. The van der Waals surface area contributed by atoms with E-state index in [-0.39, 0.29) is 5.92 Å². The van der Waals surface area contributed by atoms with Gasteiger partial charge in [-0.2, -0.15) is 0 Å². The van der Waals surface area contributed by atoms with E-state index in [4.69, 9.17) is 9.47 Å². The monoisotopic (exact) mass is 172 g/mol. The first-order valence-electron chi connectivity index (χ1n) is 4.14. The molecule has 2 unspecified atom stereocenters. The first kappa shape index (κ1) is 9.71. The van der Waals surface area contributed by atoms with Gasteiger partial charge in [-0.05, 0) is 13.8 Å². The molecule has 70 valence electrons. The topological polar surface area (TPSA) is 38.7 Å². The summed E-state index contributed by atoms with van der Waals surface area (Å²) in [4.78, 5) is 0. The summed E-state index contributed by atoms with van der Waals surface area (Å²) < 4.78 is 10.7. The lowest BCUT2D eigenvalue weighted by Crippen LogP contribution is -2.27. The van der Waals surface area contributed by atoms with Gasteiger partial charge in [0.1, 0.15) is 0 Å². The molecule has 3 nitrogen and oxygen atoms in total.